The first-order valence-corrected chi connectivity index (χ1v) is 4.87. The Labute approximate surface area is 94.3 Å². The summed E-state index contributed by atoms with van der Waals surface area (Å²) in [6.07, 6.45) is 1.79. The molecular weight excluding hydrogens is 208 g/mol. The molecule has 5 nitrogen and oxygen atoms in total. The van der Waals surface area contributed by atoms with Gasteiger partial charge in [0.25, 0.3) is 5.91 Å². The zero-order valence-corrected chi connectivity index (χ0v) is 9.77. The molecule has 2 amide bonds. The third-order valence-corrected chi connectivity index (χ3v) is 2.04. The Hall–Kier alpha value is -1.83. The third kappa shape index (κ3) is 2.22. The second-order valence-electron chi connectivity index (χ2n) is 4.75. The standard InChI is InChI=1S/C11H14N2O3/c1-10(2,3)16-9(15)13-8(14)5-6-11(13,4)7-12/h5-6H,1-4H3/t11-/m0/s1. The molecular formula is C11H14N2O3. The van der Waals surface area contributed by atoms with Crippen LogP contribution in [0.5, 0.6) is 0 Å². The molecule has 0 aliphatic carbocycles. The molecule has 1 aliphatic rings. The van der Waals surface area contributed by atoms with E-state index in [1.54, 1.807) is 20.8 Å². The van der Waals surface area contributed by atoms with Gasteiger partial charge in [-0.05, 0) is 33.8 Å². The summed E-state index contributed by atoms with van der Waals surface area (Å²) in [5.74, 6) is -0.529. The van der Waals surface area contributed by atoms with Crippen molar-refractivity contribution >= 4 is 12.0 Å². The van der Waals surface area contributed by atoms with Crippen molar-refractivity contribution in [2.45, 2.75) is 38.8 Å². The smallest absolute Gasteiger partial charge is 0.418 e. The fourth-order valence-corrected chi connectivity index (χ4v) is 1.29. The van der Waals surface area contributed by atoms with Crippen molar-refractivity contribution in [1.29, 1.82) is 5.26 Å². The van der Waals surface area contributed by atoms with Gasteiger partial charge in [0.05, 0.1) is 6.07 Å². The lowest BCUT2D eigenvalue weighted by Gasteiger charge is -2.29. The minimum atomic E-state index is -1.25. The average Bonchev–Trinajstić information content (AvgIpc) is 2.40. The molecule has 0 unspecified atom stereocenters. The van der Waals surface area contributed by atoms with Crippen molar-refractivity contribution in [1.82, 2.24) is 4.90 Å². The van der Waals surface area contributed by atoms with Crippen molar-refractivity contribution < 1.29 is 14.3 Å². The minimum absolute atomic E-state index is 0.529. The minimum Gasteiger partial charge on any atom is -0.443 e. The van der Waals surface area contributed by atoms with Crippen LogP contribution in [0.15, 0.2) is 12.2 Å². The summed E-state index contributed by atoms with van der Waals surface area (Å²) in [4.78, 5) is 24.0. The molecule has 0 aromatic rings. The fourth-order valence-electron chi connectivity index (χ4n) is 1.29. The lowest BCUT2D eigenvalue weighted by molar-refractivity contribution is -0.126. The van der Waals surface area contributed by atoms with Crippen LogP contribution in [0.3, 0.4) is 0 Å². The molecule has 0 spiro atoms. The maximum Gasteiger partial charge on any atom is 0.418 e. The molecule has 1 rings (SSSR count). The van der Waals surface area contributed by atoms with Crippen molar-refractivity contribution in [3.8, 4) is 6.07 Å². The van der Waals surface area contributed by atoms with Crippen LogP contribution in [0.1, 0.15) is 27.7 Å². The van der Waals surface area contributed by atoms with Crippen LogP contribution in [0, 0.1) is 11.3 Å². The van der Waals surface area contributed by atoms with E-state index in [9.17, 15) is 9.59 Å². The number of hydrogen-bond acceptors (Lipinski definition) is 4. The van der Waals surface area contributed by atoms with E-state index in [-0.39, 0.29) is 0 Å². The first kappa shape index (κ1) is 12.2. The van der Waals surface area contributed by atoms with Gasteiger partial charge in [-0.1, -0.05) is 0 Å². The summed E-state index contributed by atoms with van der Waals surface area (Å²) in [5, 5.41) is 8.96. The van der Waals surface area contributed by atoms with E-state index >= 15 is 0 Å². The quantitative estimate of drug-likeness (QED) is 0.624. The molecule has 16 heavy (non-hydrogen) atoms. The van der Waals surface area contributed by atoms with Crippen LogP contribution in [0.2, 0.25) is 0 Å². The van der Waals surface area contributed by atoms with E-state index in [0.717, 1.165) is 4.90 Å². The van der Waals surface area contributed by atoms with Gasteiger partial charge in [-0.3, -0.25) is 4.79 Å². The number of ether oxygens (including phenoxy) is 1. The first-order valence-electron chi connectivity index (χ1n) is 4.87. The van der Waals surface area contributed by atoms with Gasteiger partial charge in [0, 0.05) is 6.08 Å². The lowest BCUT2D eigenvalue weighted by atomic mass is 10.1. The van der Waals surface area contributed by atoms with E-state index in [0.29, 0.717) is 0 Å². The van der Waals surface area contributed by atoms with E-state index in [2.05, 4.69) is 0 Å². The third-order valence-electron chi connectivity index (χ3n) is 2.04. The van der Waals surface area contributed by atoms with Crippen LogP contribution in [0.4, 0.5) is 4.79 Å². The van der Waals surface area contributed by atoms with Gasteiger partial charge >= 0.3 is 6.09 Å². The monoisotopic (exact) mass is 222 g/mol. The van der Waals surface area contributed by atoms with Crippen molar-refractivity contribution in [3.05, 3.63) is 12.2 Å². The zero-order valence-electron chi connectivity index (χ0n) is 9.77. The number of nitrogens with zero attached hydrogens (tertiary/aromatic N) is 2. The Morgan fingerprint density at radius 3 is 2.56 bits per heavy atom. The van der Waals surface area contributed by atoms with Crippen LogP contribution in [-0.2, 0) is 9.53 Å². The molecule has 0 aromatic carbocycles. The molecule has 0 N–H and O–H groups in total. The summed E-state index contributed by atoms with van der Waals surface area (Å²) in [6, 6.07) is 1.90. The topological polar surface area (TPSA) is 70.4 Å². The number of carbonyl (C=O) groups is 2. The van der Waals surface area contributed by atoms with Crippen molar-refractivity contribution in [3.63, 3.8) is 0 Å². The number of carbonyl (C=O) groups excluding carboxylic acids is 2. The molecule has 0 bridgehead atoms. The second kappa shape index (κ2) is 3.63. The van der Waals surface area contributed by atoms with Crippen LogP contribution in [-0.4, -0.2) is 28.0 Å². The summed E-state index contributed by atoms with van der Waals surface area (Å²) < 4.78 is 5.06. The summed E-state index contributed by atoms with van der Waals surface area (Å²) in [5.41, 5.74) is -1.95. The van der Waals surface area contributed by atoms with E-state index in [1.165, 1.54) is 19.1 Å². The molecule has 1 aliphatic heterocycles. The summed E-state index contributed by atoms with van der Waals surface area (Å²) in [7, 11) is 0. The SMILES string of the molecule is CC(C)(C)OC(=O)N1C(=O)C=C[C@@]1(C)C#N. The van der Waals surface area contributed by atoms with Crippen molar-refractivity contribution in [2.75, 3.05) is 0 Å². The first-order chi connectivity index (χ1) is 7.19. The predicted molar refractivity (Wildman–Crippen MR) is 56.2 cm³/mol. The maximum atomic E-state index is 11.7. The Balaban J connectivity index is 2.93. The largest absolute Gasteiger partial charge is 0.443 e. The number of hydrogen-bond donors (Lipinski definition) is 0. The molecule has 86 valence electrons. The molecule has 1 atom stereocenters. The predicted octanol–water partition coefficient (Wildman–Crippen LogP) is 1.60. The molecule has 0 saturated heterocycles. The maximum absolute atomic E-state index is 11.7. The Morgan fingerprint density at radius 1 is 1.56 bits per heavy atom. The van der Waals surface area contributed by atoms with E-state index in [1.807, 2.05) is 6.07 Å². The van der Waals surface area contributed by atoms with E-state index in [4.69, 9.17) is 10.00 Å². The fraction of sp³-hybridized carbons (Fsp3) is 0.545. The van der Waals surface area contributed by atoms with Gasteiger partial charge in [-0.15, -0.1) is 0 Å². The second-order valence-corrected chi connectivity index (χ2v) is 4.75. The van der Waals surface area contributed by atoms with Crippen molar-refractivity contribution in [2.24, 2.45) is 0 Å². The molecule has 0 aromatic heterocycles. The van der Waals surface area contributed by atoms with Gasteiger partial charge in [0.15, 0.2) is 5.54 Å². The summed E-state index contributed by atoms with van der Waals surface area (Å²) in [6.45, 7) is 6.58. The lowest BCUT2D eigenvalue weighted by Crippen LogP contribution is -2.48. The molecule has 0 saturated carbocycles. The van der Waals surface area contributed by atoms with Gasteiger partial charge in [0.2, 0.25) is 0 Å². The molecule has 0 fully saturated rings. The molecule has 0 radical (unpaired) electrons. The number of imide groups is 1. The van der Waals surface area contributed by atoms with Crippen LogP contribution >= 0.6 is 0 Å². The number of rotatable bonds is 0. The highest BCUT2D eigenvalue weighted by Gasteiger charge is 2.43. The van der Waals surface area contributed by atoms with Gasteiger partial charge in [0.1, 0.15) is 5.60 Å². The normalized spacial score (nSPS) is 24.4. The van der Waals surface area contributed by atoms with Crippen LogP contribution < -0.4 is 0 Å². The Bertz CT molecular complexity index is 400. The van der Waals surface area contributed by atoms with Gasteiger partial charge in [-0.2, -0.15) is 5.26 Å². The van der Waals surface area contributed by atoms with Crippen LogP contribution in [0.25, 0.3) is 0 Å². The summed E-state index contributed by atoms with van der Waals surface area (Å²) >= 11 is 0. The highest BCUT2D eigenvalue weighted by molar-refractivity contribution is 6.03. The highest BCUT2D eigenvalue weighted by atomic mass is 16.6. The number of nitriles is 1. The zero-order chi connectivity index (χ0) is 12.6. The average molecular weight is 222 g/mol. The van der Waals surface area contributed by atoms with Gasteiger partial charge < -0.3 is 4.74 Å². The van der Waals surface area contributed by atoms with Gasteiger partial charge in [-0.25, -0.2) is 9.69 Å². The van der Waals surface area contributed by atoms with E-state index < -0.39 is 23.1 Å². The number of amides is 2. The Kier molecular flexibility index (Phi) is 2.78. The molecule has 1 heterocycles. The highest BCUT2D eigenvalue weighted by Crippen LogP contribution is 2.25. The molecule has 5 heteroatoms. The Morgan fingerprint density at radius 2 is 2.12 bits per heavy atom.